The van der Waals surface area contributed by atoms with Gasteiger partial charge in [0.15, 0.2) is 0 Å². The van der Waals surface area contributed by atoms with Crippen LogP contribution in [0.25, 0.3) is 0 Å². The molecular weight excluding hydrogens is 322 g/mol. The van der Waals surface area contributed by atoms with E-state index in [1.54, 1.807) is 0 Å². The molecule has 2 aliphatic rings. The number of carbonyl (C=O) groups is 1. The molecule has 0 saturated carbocycles. The fraction of sp³-hybridized carbons (Fsp3) is 0.722. The van der Waals surface area contributed by atoms with Crippen LogP contribution in [0, 0.1) is 5.92 Å². The molecule has 1 N–H and O–H groups in total. The van der Waals surface area contributed by atoms with Crippen LogP contribution in [0.2, 0.25) is 0 Å². The number of likely N-dealkylation sites (N-methyl/N-ethyl adjacent to an activating group) is 1. The van der Waals surface area contributed by atoms with Crippen LogP contribution in [0.5, 0.6) is 0 Å². The Morgan fingerprint density at radius 3 is 2.75 bits per heavy atom. The van der Waals surface area contributed by atoms with E-state index in [4.69, 9.17) is 5.11 Å². The van der Waals surface area contributed by atoms with E-state index in [1.807, 2.05) is 11.3 Å². The Balaban J connectivity index is 1.61. The zero-order valence-electron chi connectivity index (χ0n) is 14.6. The molecule has 134 valence electrons. The van der Waals surface area contributed by atoms with E-state index in [0.29, 0.717) is 18.4 Å². The van der Waals surface area contributed by atoms with E-state index < -0.39 is 5.97 Å². The molecule has 2 atom stereocenters. The highest BCUT2D eigenvalue weighted by molar-refractivity contribution is 7.09. The summed E-state index contributed by atoms with van der Waals surface area (Å²) >= 11 is 1.81. The molecule has 3 heterocycles. The van der Waals surface area contributed by atoms with Gasteiger partial charge in [0.05, 0.1) is 0 Å². The van der Waals surface area contributed by atoms with Gasteiger partial charge in [-0.05, 0) is 37.3 Å². The predicted octanol–water partition coefficient (Wildman–Crippen LogP) is 2.05. The molecule has 6 heteroatoms. The molecule has 1 aromatic heterocycles. The highest BCUT2D eigenvalue weighted by Gasteiger charge is 2.34. The maximum atomic E-state index is 11.1. The van der Waals surface area contributed by atoms with Crippen molar-refractivity contribution in [3.63, 3.8) is 0 Å². The summed E-state index contributed by atoms with van der Waals surface area (Å²) in [4.78, 5) is 20.0. The summed E-state index contributed by atoms with van der Waals surface area (Å²) in [7, 11) is 2.18. The lowest BCUT2D eigenvalue weighted by Gasteiger charge is -2.46. The minimum Gasteiger partial charge on any atom is -0.481 e. The fourth-order valence-electron chi connectivity index (χ4n) is 4.09. The summed E-state index contributed by atoms with van der Waals surface area (Å²) in [5.74, 6) is -0.194. The van der Waals surface area contributed by atoms with Crippen molar-refractivity contribution in [2.45, 2.75) is 31.8 Å². The molecule has 0 radical (unpaired) electrons. The van der Waals surface area contributed by atoms with E-state index >= 15 is 0 Å². The number of thiophene rings is 1. The van der Waals surface area contributed by atoms with Gasteiger partial charge in [0.25, 0.3) is 0 Å². The Morgan fingerprint density at radius 1 is 1.29 bits per heavy atom. The summed E-state index contributed by atoms with van der Waals surface area (Å²) in [6, 6.07) is 4.86. The van der Waals surface area contributed by atoms with E-state index in [9.17, 15) is 4.79 Å². The van der Waals surface area contributed by atoms with Crippen LogP contribution in [0.3, 0.4) is 0 Å². The van der Waals surface area contributed by atoms with E-state index in [1.165, 1.54) is 11.3 Å². The lowest BCUT2D eigenvalue weighted by atomic mass is 9.86. The first-order valence-electron chi connectivity index (χ1n) is 9.01. The van der Waals surface area contributed by atoms with Crippen LogP contribution in [0.4, 0.5) is 0 Å². The molecule has 0 amide bonds. The Morgan fingerprint density at radius 2 is 2.08 bits per heavy atom. The van der Waals surface area contributed by atoms with Crippen molar-refractivity contribution >= 4 is 17.3 Å². The monoisotopic (exact) mass is 351 g/mol. The van der Waals surface area contributed by atoms with Crippen LogP contribution in [-0.2, 0) is 11.3 Å². The Bertz CT molecular complexity index is 514. The number of carboxylic acids is 1. The van der Waals surface area contributed by atoms with Gasteiger partial charge in [-0.2, -0.15) is 0 Å². The van der Waals surface area contributed by atoms with Crippen LogP contribution in [0.1, 0.15) is 24.1 Å². The molecule has 2 aliphatic heterocycles. The summed E-state index contributed by atoms with van der Waals surface area (Å²) in [5.41, 5.74) is 0. The predicted molar refractivity (Wildman–Crippen MR) is 97.4 cm³/mol. The second-order valence-electron chi connectivity index (χ2n) is 7.20. The van der Waals surface area contributed by atoms with Crippen LogP contribution in [0.15, 0.2) is 17.5 Å². The minimum atomic E-state index is -0.664. The van der Waals surface area contributed by atoms with Crippen LogP contribution in [-0.4, -0.2) is 78.1 Å². The zero-order valence-corrected chi connectivity index (χ0v) is 15.4. The summed E-state index contributed by atoms with van der Waals surface area (Å²) < 4.78 is 0. The second kappa shape index (κ2) is 8.43. The number of rotatable bonds is 6. The fourth-order valence-corrected chi connectivity index (χ4v) is 4.83. The number of likely N-dealkylation sites (tertiary alicyclic amines) is 1. The van der Waals surface area contributed by atoms with Gasteiger partial charge in [-0.15, -0.1) is 11.3 Å². The topological polar surface area (TPSA) is 47.0 Å². The highest BCUT2D eigenvalue weighted by atomic mass is 32.1. The standard InChI is InChI=1S/C18H29N3O2S/c1-19-8-10-21(11-9-19)17-6-7-20(14-16-3-2-12-24-16)13-15(17)4-5-18(22)23/h2-3,12,15,17H,4-11,13-14H2,1H3,(H,22,23). The lowest BCUT2D eigenvalue weighted by molar-refractivity contribution is -0.137. The maximum absolute atomic E-state index is 11.1. The van der Waals surface area contributed by atoms with Crippen LogP contribution >= 0.6 is 11.3 Å². The molecule has 24 heavy (non-hydrogen) atoms. The SMILES string of the molecule is CN1CCN(C2CCN(Cc3cccs3)CC2CCC(=O)O)CC1. The number of nitrogens with zero attached hydrogens (tertiary/aromatic N) is 3. The largest absolute Gasteiger partial charge is 0.481 e. The van der Waals surface area contributed by atoms with Crippen molar-refractivity contribution in [1.82, 2.24) is 14.7 Å². The van der Waals surface area contributed by atoms with Gasteiger partial charge in [0.1, 0.15) is 0 Å². The van der Waals surface area contributed by atoms with Crippen molar-refractivity contribution in [2.75, 3.05) is 46.3 Å². The van der Waals surface area contributed by atoms with Gasteiger partial charge in [0.2, 0.25) is 0 Å². The van der Waals surface area contributed by atoms with Crippen molar-refractivity contribution in [3.8, 4) is 0 Å². The Hall–Kier alpha value is -0.950. The number of carboxylic acid groups (broad SMARTS) is 1. The number of piperidine rings is 1. The summed E-state index contributed by atoms with van der Waals surface area (Å²) in [6.45, 7) is 7.66. The van der Waals surface area contributed by atoms with Gasteiger partial charge in [-0.25, -0.2) is 0 Å². The van der Waals surface area contributed by atoms with Crippen LogP contribution < -0.4 is 0 Å². The van der Waals surface area contributed by atoms with E-state index in [0.717, 1.165) is 52.2 Å². The molecule has 2 unspecified atom stereocenters. The third-order valence-electron chi connectivity index (χ3n) is 5.47. The normalized spacial score (nSPS) is 27.4. The average molecular weight is 352 g/mol. The minimum absolute atomic E-state index is 0.293. The van der Waals surface area contributed by atoms with E-state index in [2.05, 4.69) is 39.3 Å². The van der Waals surface area contributed by atoms with Gasteiger partial charge < -0.3 is 10.0 Å². The van der Waals surface area contributed by atoms with Gasteiger partial charge in [-0.1, -0.05) is 6.07 Å². The number of piperazine rings is 1. The zero-order chi connectivity index (χ0) is 16.9. The molecule has 2 fully saturated rings. The number of hydrogen-bond acceptors (Lipinski definition) is 5. The van der Waals surface area contributed by atoms with Crippen molar-refractivity contribution < 1.29 is 9.90 Å². The Kier molecular flexibility index (Phi) is 6.27. The first-order chi connectivity index (χ1) is 11.6. The molecule has 2 saturated heterocycles. The number of aliphatic carboxylic acids is 1. The first kappa shape index (κ1) is 17.9. The third-order valence-corrected chi connectivity index (χ3v) is 6.33. The smallest absolute Gasteiger partial charge is 0.303 e. The summed E-state index contributed by atoms with van der Waals surface area (Å²) in [6.07, 6.45) is 2.26. The van der Waals surface area contributed by atoms with Gasteiger partial charge >= 0.3 is 5.97 Å². The molecule has 0 spiro atoms. The first-order valence-corrected chi connectivity index (χ1v) is 9.89. The number of hydrogen-bond donors (Lipinski definition) is 1. The molecule has 3 rings (SSSR count). The quantitative estimate of drug-likeness (QED) is 0.850. The second-order valence-corrected chi connectivity index (χ2v) is 8.23. The summed E-state index contributed by atoms with van der Waals surface area (Å²) in [5, 5.41) is 11.2. The highest BCUT2D eigenvalue weighted by Crippen LogP contribution is 2.28. The van der Waals surface area contributed by atoms with Crippen molar-refractivity contribution in [1.29, 1.82) is 0 Å². The van der Waals surface area contributed by atoms with Gasteiger partial charge in [0, 0.05) is 63.2 Å². The lowest BCUT2D eigenvalue weighted by Crippen LogP contribution is -2.56. The maximum Gasteiger partial charge on any atom is 0.303 e. The molecule has 1 aromatic rings. The van der Waals surface area contributed by atoms with Crippen molar-refractivity contribution in [3.05, 3.63) is 22.4 Å². The molecule has 0 aromatic carbocycles. The van der Waals surface area contributed by atoms with Crippen molar-refractivity contribution in [2.24, 2.45) is 5.92 Å². The van der Waals surface area contributed by atoms with E-state index in [-0.39, 0.29) is 0 Å². The third kappa shape index (κ3) is 4.79. The molecular formula is C18H29N3O2S. The molecule has 5 nitrogen and oxygen atoms in total. The van der Waals surface area contributed by atoms with Gasteiger partial charge in [-0.3, -0.25) is 14.6 Å². The average Bonchev–Trinajstić information content (AvgIpc) is 3.07. The Labute approximate surface area is 148 Å². The molecule has 0 bridgehead atoms. The molecule has 0 aliphatic carbocycles.